The van der Waals surface area contributed by atoms with Crippen LogP contribution in [0.1, 0.15) is 0 Å². The van der Waals surface area contributed by atoms with Crippen LogP contribution in [0.5, 0.6) is 0 Å². The summed E-state index contributed by atoms with van der Waals surface area (Å²) >= 11 is 0. The van der Waals surface area contributed by atoms with Gasteiger partial charge in [-0.2, -0.15) is 0 Å². The molecule has 0 fully saturated rings. The molecule has 0 aliphatic rings. The molecule has 0 aliphatic heterocycles. The number of hydrogen-bond donors (Lipinski definition) is 0. The predicted molar refractivity (Wildman–Crippen MR) is 212 cm³/mol. The van der Waals surface area contributed by atoms with E-state index >= 15 is 0 Å². The first-order valence-corrected chi connectivity index (χ1v) is 17.1. The number of hydrogen-bond acceptors (Lipinski definition) is 2. The van der Waals surface area contributed by atoms with Gasteiger partial charge in [0.15, 0.2) is 0 Å². The largest absolute Gasteiger partial charge is 0.456 e. The maximum Gasteiger partial charge on any atom is 0.135 e. The molecular weight excluding hydrogens is 607 g/mol. The fourth-order valence-corrected chi connectivity index (χ4v) is 7.39. The molecule has 50 heavy (non-hydrogen) atoms. The third-order valence-electron chi connectivity index (χ3n) is 9.99. The minimum Gasteiger partial charge on any atom is -0.456 e. The fourth-order valence-electron chi connectivity index (χ4n) is 7.39. The van der Waals surface area contributed by atoms with Crippen LogP contribution >= 0.6 is 0 Å². The molecule has 0 saturated carbocycles. The second-order valence-corrected chi connectivity index (χ2v) is 13.0. The van der Waals surface area contributed by atoms with Crippen molar-refractivity contribution >= 4 is 71.3 Å². The molecule has 0 aliphatic carbocycles. The van der Waals surface area contributed by atoms with Crippen molar-refractivity contribution in [2.24, 2.45) is 0 Å². The van der Waals surface area contributed by atoms with Crippen LogP contribution in [-0.4, -0.2) is 0 Å². The van der Waals surface area contributed by atoms with Gasteiger partial charge in [0.2, 0.25) is 0 Å². The molecule has 0 saturated heterocycles. The topological polar surface area (TPSA) is 16.4 Å². The minimum absolute atomic E-state index is 0.893. The lowest BCUT2D eigenvalue weighted by Crippen LogP contribution is -2.09. The molecule has 9 aromatic carbocycles. The summed E-state index contributed by atoms with van der Waals surface area (Å²) in [4.78, 5) is 2.35. The van der Waals surface area contributed by atoms with Gasteiger partial charge in [-0.3, -0.25) is 0 Å². The maximum atomic E-state index is 6.19. The van der Waals surface area contributed by atoms with Crippen LogP contribution < -0.4 is 4.90 Å². The zero-order chi connectivity index (χ0) is 33.0. The highest BCUT2D eigenvalue weighted by Gasteiger charge is 2.17. The molecule has 0 bridgehead atoms. The van der Waals surface area contributed by atoms with Crippen LogP contribution in [-0.2, 0) is 0 Å². The van der Waals surface area contributed by atoms with E-state index < -0.39 is 0 Å². The monoisotopic (exact) mass is 637 g/mol. The summed E-state index contributed by atoms with van der Waals surface area (Å²) in [6.45, 7) is 0. The molecule has 0 N–H and O–H groups in total. The lowest BCUT2D eigenvalue weighted by molar-refractivity contribution is 0.669. The second-order valence-electron chi connectivity index (χ2n) is 13.0. The van der Waals surface area contributed by atoms with E-state index in [1.807, 2.05) is 12.1 Å². The zero-order valence-corrected chi connectivity index (χ0v) is 27.3. The third kappa shape index (κ3) is 4.89. The van der Waals surface area contributed by atoms with Crippen LogP contribution in [0, 0.1) is 0 Å². The second kappa shape index (κ2) is 11.5. The maximum absolute atomic E-state index is 6.19. The number of nitrogens with zero attached hydrogens (tertiary/aromatic N) is 1. The summed E-state index contributed by atoms with van der Waals surface area (Å²) < 4.78 is 6.19. The van der Waals surface area contributed by atoms with Crippen LogP contribution in [0.4, 0.5) is 17.1 Å². The van der Waals surface area contributed by atoms with Gasteiger partial charge in [-0.1, -0.05) is 127 Å². The van der Waals surface area contributed by atoms with E-state index in [9.17, 15) is 0 Å². The van der Waals surface area contributed by atoms with Gasteiger partial charge in [-0.05, 0) is 115 Å². The van der Waals surface area contributed by atoms with Gasteiger partial charge in [0.25, 0.3) is 0 Å². The number of fused-ring (bicyclic) bond motifs is 6. The minimum atomic E-state index is 0.893. The van der Waals surface area contributed by atoms with Crippen LogP contribution in [0.25, 0.3) is 76.5 Å². The summed E-state index contributed by atoms with van der Waals surface area (Å²) in [5, 5.41) is 9.60. The van der Waals surface area contributed by atoms with Gasteiger partial charge in [-0.25, -0.2) is 0 Å². The van der Waals surface area contributed by atoms with Crippen molar-refractivity contribution in [2.75, 3.05) is 4.90 Å². The molecule has 0 spiro atoms. The summed E-state index contributed by atoms with van der Waals surface area (Å²) in [7, 11) is 0. The molecule has 10 rings (SSSR count). The molecular formula is C48H31NO. The Morgan fingerprint density at radius 3 is 1.38 bits per heavy atom. The molecule has 234 valence electrons. The normalized spacial score (nSPS) is 11.6. The molecule has 2 heteroatoms. The molecule has 0 unspecified atom stereocenters. The summed E-state index contributed by atoms with van der Waals surface area (Å²) in [6, 6.07) is 67.7. The van der Waals surface area contributed by atoms with Crippen molar-refractivity contribution in [1.82, 2.24) is 0 Å². The van der Waals surface area contributed by atoms with Crippen LogP contribution in [0.3, 0.4) is 0 Å². The number of para-hydroxylation sites is 1. The molecule has 1 heterocycles. The van der Waals surface area contributed by atoms with Crippen molar-refractivity contribution in [3.63, 3.8) is 0 Å². The van der Waals surface area contributed by atoms with Gasteiger partial charge >= 0.3 is 0 Å². The van der Waals surface area contributed by atoms with Gasteiger partial charge in [-0.15, -0.1) is 0 Å². The van der Waals surface area contributed by atoms with E-state index in [0.29, 0.717) is 0 Å². The van der Waals surface area contributed by atoms with Crippen molar-refractivity contribution in [1.29, 1.82) is 0 Å². The van der Waals surface area contributed by atoms with Crippen LogP contribution in [0.15, 0.2) is 192 Å². The van der Waals surface area contributed by atoms with Crippen molar-refractivity contribution < 1.29 is 4.42 Å². The average Bonchev–Trinajstić information content (AvgIpc) is 3.56. The number of anilines is 3. The summed E-state index contributed by atoms with van der Waals surface area (Å²) in [6.07, 6.45) is 0. The SMILES string of the molecule is c1ccc2cc(-c3ccc(-c4ccc5cc(N(c6ccc7ccccc7c6)c6ccc7oc8ccccc8c7c6)ccc5c4)cc3)ccc2c1. The Hall–Kier alpha value is -6.64. The lowest BCUT2D eigenvalue weighted by Gasteiger charge is -2.26. The number of rotatable bonds is 5. The Morgan fingerprint density at radius 1 is 0.280 bits per heavy atom. The first-order chi connectivity index (χ1) is 24.7. The Bertz CT molecular complexity index is 2880. The van der Waals surface area contributed by atoms with E-state index in [-0.39, 0.29) is 0 Å². The number of furan rings is 1. The first kappa shape index (κ1) is 28.4. The Balaban J connectivity index is 1.04. The lowest BCUT2D eigenvalue weighted by atomic mass is 9.97. The summed E-state index contributed by atoms with van der Waals surface area (Å²) in [5.74, 6) is 0. The standard InChI is InChI=1S/C48H31NO/c1-3-9-36-27-38(18-17-32(36)7-1)34-13-15-35(16-14-34)39-19-20-41-30-43(24-22-40(41)28-39)49(42-23-21-33-8-2-4-10-37(33)29-42)44-25-26-48-46(31-44)45-11-5-6-12-47(45)50-48/h1-31H. The first-order valence-electron chi connectivity index (χ1n) is 17.1. The fraction of sp³-hybridized carbons (Fsp3) is 0. The third-order valence-corrected chi connectivity index (χ3v) is 9.99. The zero-order valence-electron chi connectivity index (χ0n) is 27.3. The van der Waals surface area contributed by atoms with Gasteiger partial charge in [0.05, 0.1) is 0 Å². The van der Waals surface area contributed by atoms with E-state index in [1.54, 1.807) is 0 Å². The summed E-state index contributed by atoms with van der Waals surface area (Å²) in [5.41, 5.74) is 9.97. The van der Waals surface area contributed by atoms with Gasteiger partial charge < -0.3 is 9.32 Å². The van der Waals surface area contributed by atoms with E-state index in [0.717, 1.165) is 39.0 Å². The Kier molecular flexibility index (Phi) is 6.53. The highest BCUT2D eigenvalue weighted by atomic mass is 16.3. The molecule has 10 aromatic rings. The molecule has 1 aromatic heterocycles. The smallest absolute Gasteiger partial charge is 0.135 e. The molecule has 0 atom stereocenters. The Morgan fingerprint density at radius 2 is 0.700 bits per heavy atom. The molecule has 0 amide bonds. The van der Waals surface area contributed by atoms with Crippen molar-refractivity contribution in [2.45, 2.75) is 0 Å². The number of benzene rings is 9. The molecule has 0 radical (unpaired) electrons. The Labute approximate surface area is 290 Å². The van der Waals surface area contributed by atoms with Crippen molar-refractivity contribution in [3.8, 4) is 22.3 Å². The van der Waals surface area contributed by atoms with Crippen molar-refractivity contribution in [3.05, 3.63) is 188 Å². The average molecular weight is 638 g/mol. The highest BCUT2D eigenvalue weighted by Crippen LogP contribution is 2.41. The quantitative estimate of drug-likeness (QED) is 0.187. The van der Waals surface area contributed by atoms with Gasteiger partial charge in [0, 0.05) is 27.8 Å². The van der Waals surface area contributed by atoms with Gasteiger partial charge in [0.1, 0.15) is 11.2 Å². The highest BCUT2D eigenvalue weighted by molar-refractivity contribution is 6.07. The molecule has 2 nitrogen and oxygen atoms in total. The van der Waals surface area contributed by atoms with Crippen LogP contribution in [0.2, 0.25) is 0 Å². The predicted octanol–water partition coefficient (Wildman–Crippen LogP) is 13.8. The van der Waals surface area contributed by atoms with E-state index in [1.165, 1.54) is 54.6 Å². The van der Waals surface area contributed by atoms with E-state index in [2.05, 4.69) is 181 Å². The van der Waals surface area contributed by atoms with E-state index in [4.69, 9.17) is 4.42 Å².